The summed E-state index contributed by atoms with van der Waals surface area (Å²) in [5.74, 6) is 0. The maximum Gasteiger partial charge on any atom is 0.418 e. The Morgan fingerprint density at radius 3 is 2.04 bits per heavy atom. The Morgan fingerprint density at radius 2 is 1.33 bits per heavy atom. The minimum Gasteiger partial charge on any atom is -0.267 e. The van der Waals surface area contributed by atoms with E-state index >= 15 is 0 Å². The van der Waals surface area contributed by atoms with Gasteiger partial charge in [-0.05, 0) is 18.2 Å². The summed E-state index contributed by atoms with van der Waals surface area (Å²) in [6.45, 7) is 0. The molecule has 4 aromatic rings. The van der Waals surface area contributed by atoms with E-state index in [0.717, 1.165) is 10.7 Å². The second-order valence-corrected chi connectivity index (χ2v) is 5.99. The smallest absolute Gasteiger partial charge is 0.267 e. The number of rotatable bonds is 2. The highest BCUT2D eigenvalue weighted by molar-refractivity contribution is 5.93. The Balaban J connectivity index is 2.10. The topological polar surface area (TPSA) is 34.9 Å². The molecular formula is C21H13F3N2O. The van der Waals surface area contributed by atoms with Gasteiger partial charge < -0.3 is 0 Å². The van der Waals surface area contributed by atoms with Crippen LogP contribution in [0.4, 0.5) is 13.2 Å². The molecule has 0 amide bonds. The van der Waals surface area contributed by atoms with E-state index in [-0.39, 0.29) is 5.69 Å². The highest BCUT2D eigenvalue weighted by atomic mass is 19.4. The Labute approximate surface area is 152 Å². The van der Waals surface area contributed by atoms with Crippen LogP contribution in [0, 0.1) is 0 Å². The van der Waals surface area contributed by atoms with Gasteiger partial charge in [-0.25, -0.2) is 0 Å². The third kappa shape index (κ3) is 2.99. The van der Waals surface area contributed by atoms with Gasteiger partial charge in [-0.3, -0.25) is 4.79 Å². The summed E-state index contributed by atoms with van der Waals surface area (Å²) in [4.78, 5) is 12.9. The Kier molecular flexibility index (Phi) is 4.03. The van der Waals surface area contributed by atoms with Crippen molar-refractivity contribution in [3.05, 3.63) is 94.8 Å². The number of benzene rings is 3. The number of hydrogen-bond donors (Lipinski definition) is 0. The number of hydrogen-bond acceptors (Lipinski definition) is 2. The summed E-state index contributed by atoms with van der Waals surface area (Å²) in [7, 11) is 0. The molecule has 0 fully saturated rings. The molecule has 0 aliphatic carbocycles. The molecule has 3 nitrogen and oxygen atoms in total. The van der Waals surface area contributed by atoms with Crippen molar-refractivity contribution in [2.75, 3.05) is 0 Å². The van der Waals surface area contributed by atoms with E-state index in [1.807, 2.05) is 18.2 Å². The Morgan fingerprint density at radius 1 is 0.741 bits per heavy atom. The molecule has 6 heteroatoms. The average molecular weight is 366 g/mol. The third-order valence-electron chi connectivity index (χ3n) is 4.29. The number of halogens is 3. The van der Waals surface area contributed by atoms with Crippen molar-refractivity contribution in [2.24, 2.45) is 0 Å². The molecule has 134 valence electrons. The highest BCUT2D eigenvalue weighted by Crippen LogP contribution is 2.34. The minimum absolute atomic E-state index is 0.294. The average Bonchev–Trinajstić information content (AvgIpc) is 2.68. The summed E-state index contributed by atoms with van der Waals surface area (Å²) in [5, 5.41) is 5.22. The van der Waals surface area contributed by atoms with Crippen LogP contribution >= 0.6 is 0 Å². The SMILES string of the molecule is O=c1c2ccccc2c(-c2ccccc2)nn1-c1ccccc1C(F)(F)F. The van der Waals surface area contributed by atoms with E-state index in [4.69, 9.17) is 0 Å². The summed E-state index contributed by atoms with van der Waals surface area (Å²) in [6, 6.07) is 20.8. The first-order valence-corrected chi connectivity index (χ1v) is 8.21. The second kappa shape index (κ2) is 6.39. The monoisotopic (exact) mass is 366 g/mol. The maximum atomic E-state index is 13.5. The van der Waals surface area contributed by atoms with Gasteiger partial charge in [0.05, 0.1) is 22.3 Å². The van der Waals surface area contributed by atoms with Gasteiger partial charge in [0, 0.05) is 10.9 Å². The first-order chi connectivity index (χ1) is 13.0. The molecule has 0 aliphatic heterocycles. The molecule has 0 unspecified atom stereocenters. The molecule has 27 heavy (non-hydrogen) atoms. The maximum absolute atomic E-state index is 13.5. The van der Waals surface area contributed by atoms with Crippen molar-refractivity contribution >= 4 is 10.8 Å². The summed E-state index contributed by atoms with van der Waals surface area (Å²) < 4.78 is 41.2. The molecule has 0 radical (unpaired) electrons. The fourth-order valence-corrected chi connectivity index (χ4v) is 3.06. The van der Waals surface area contributed by atoms with Gasteiger partial charge >= 0.3 is 6.18 Å². The standard InChI is InChI=1S/C21H13F3N2O/c22-21(23,24)17-12-6-7-13-18(17)26-20(27)16-11-5-4-10-15(16)19(25-26)14-8-2-1-3-9-14/h1-13H. The van der Waals surface area contributed by atoms with Gasteiger partial charge in [-0.2, -0.15) is 23.0 Å². The van der Waals surface area contributed by atoms with Crippen molar-refractivity contribution in [3.63, 3.8) is 0 Å². The lowest BCUT2D eigenvalue weighted by molar-refractivity contribution is -0.137. The van der Waals surface area contributed by atoms with Crippen molar-refractivity contribution in [1.29, 1.82) is 0 Å². The van der Waals surface area contributed by atoms with Gasteiger partial charge in [0.25, 0.3) is 5.56 Å². The molecule has 0 atom stereocenters. The Bertz CT molecular complexity index is 1180. The zero-order chi connectivity index (χ0) is 19.0. The fourth-order valence-electron chi connectivity index (χ4n) is 3.06. The second-order valence-electron chi connectivity index (χ2n) is 5.99. The summed E-state index contributed by atoms with van der Waals surface area (Å²) >= 11 is 0. The van der Waals surface area contributed by atoms with Gasteiger partial charge in [-0.1, -0.05) is 60.7 Å². The number of aromatic nitrogens is 2. The quantitative estimate of drug-likeness (QED) is 0.496. The van der Waals surface area contributed by atoms with Crippen LogP contribution in [0.15, 0.2) is 83.7 Å². The first kappa shape index (κ1) is 17.0. The van der Waals surface area contributed by atoms with E-state index < -0.39 is 17.3 Å². The molecule has 4 rings (SSSR count). The van der Waals surface area contributed by atoms with Gasteiger partial charge in [-0.15, -0.1) is 0 Å². The lowest BCUT2D eigenvalue weighted by Gasteiger charge is -2.15. The van der Waals surface area contributed by atoms with Crippen molar-refractivity contribution in [1.82, 2.24) is 9.78 Å². The normalized spacial score (nSPS) is 11.7. The van der Waals surface area contributed by atoms with Crippen LogP contribution in [0.1, 0.15) is 5.56 Å². The molecule has 0 N–H and O–H groups in total. The summed E-state index contributed by atoms with van der Waals surface area (Å²) in [6.07, 6.45) is -4.60. The van der Waals surface area contributed by atoms with E-state index in [2.05, 4.69) is 5.10 Å². The van der Waals surface area contributed by atoms with Gasteiger partial charge in [0.15, 0.2) is 0 Å². The molecule has 1 aromatic heterocycles. The number of fused-ring (bicyclic) bond motifs is 1. The number of nitrogens with zero attached hydrogens (tertiary/aromatic N) is 2. The predicted molar refractivity (Wildman–Crippen MR) is 97.8 cm³/mol. The van der Waals surface area contributed by atoms with Crippen LogP contribution < -0.4 is 5.56 Å². The van der Waals surface area contributed by atoms with Crippen LogP contribution in [0.5, 0.6) is 0 Å². The molecule has 0 aliphatic rings. The minimum atomic E-state index is -4.60. The summed E-state index contributed by atoms with van der Waals surface area (Å²) in [5.41, 5.74) is -0.636. The van der Waals surface area contributed by atoms with Crippen LogP contribution in [0.2, 0.25) is 0 Å². The van der Waals surface area contributed by atoms with Gasteiger partial charge in [0.2, 0.25) is 0 Å². The van der Waals surface area contributed by atoms with E-state index in [0.29, 0.717) is 22.0 Å². The molecule has 3 aromatic carbocycles. The lowest BCUT2D eigenvalue weighted by Crippen LogP contribution is -2.25. The number of para-hydroxylation sites is 1. The fraction of sp³-hybridized carbons (Fsp3) is 0.0476. The lowest BCUT2D eigenvalue weighted by atomic mass is 10.0. The van der Waals surface area contributed by atoms with E-state index in [9.17, 15) is 18.0 Å². The zero-order valence-electron chi connectivity index (χ0n) is 13.9. The van der Waals surface area contributed by atoms with E-state index in [1.54, 1.807) is 36.4 Å². The van der Waals surface area contributed by atoms with Gasteiger partial charge in [0.1, 0.15) is 0 Å². The zero-order valence-corrected chi connectivity index (χ0v) is 13.9. The first-order valence-electron chi connectivity index (χ1n) is 8.21. The van der Waals surface area contributed by atoms with Crippen LogP contribution in [-0.2, 0) is 6.18 Å². The molecule has 0 saturated carbocycles. The largest absolute Gasteiger partial charge is 0.418 e. The molecule has 0 spiro atoms. The van der Waals surface area contributed by atoms with Crippen LogP contribution in [0.25, 0.3) is 27.7 Å². The van der Waals surface area contributed by atoms with Crippen molar-refractivity contribution < 1.29 is 13.2 Å². The van der Waals surface area contributed by atoms with Crippen LogP contribution in [0.3, 0.4) is 0 Å². The van der Waals surface area contributed by atoms with Crippen molar-refractivity contribution in [2.45, 2.75) is 6.18 Å². The van der Waals surface area contributed by atoms with E-state index in [1.165, 1.54) is 18.2 Å². The van der Waals surface area contributed by atoms with Crippen molar-refractivity contribution in [3.8, 4) is 16.9 Å². The third-order valence-corrected chi connectivity index (χ3v) is 4.29. The molecule has 1 heterocycles. The molecular weight excluding hydrogens is 353 g/mol. The Hall–Kier alpha value is -3.41. The molecule has 0 bridgehead atoms. The predicted octanol–water partition coefficient (Wildman–Crippen LogP) is 5.07. The number of alkyl halides is 3. The van der Waals surface area contributed by atoms with Crippen LogP contribution in [-0.4, -0.2) is 9.78 Å². The highest BCUT2D eigenvalue weighted by Gasteiger charge is 2.34. The molecule has 0 saturated heterocycles.